The summed E-state index contributed by atoms with van der Waals surface area (Å²) in [5, 5.41) is 0. The van der Waals surface area contributed by atoms with Crippen LogP contribution in [-0.4, -0.2) is 24.5 Å². The maximum atomic E-state index is 13.4. The van der Waals surface area contributed by atoms with Gasteiger partial charge in [-0.05, 0) is 56.1 Å². The van der Waals surface area contributed by atoms with E-state index in [9.17, 15) is 13.2 Å². The highest BCUT2D eigenvalue weighted by Crippen LogP contribution is 2.37. The van der Waals surface area contributed by atoms with Crippen molar-refractivity contribution < 1.29 is 13.2 Å². The van der Waals surface area contributed by atoms with Gasteiger partial charge in [0.05, 0.1) is 0 Å². The predicted octanol–water partition coefficient (Wildman–Crippen LogP) is 2.84. The summed E-state index contributed by atoms with van der Waals surface area (Å²) in [5.41, 5.74) is 6.22. The van der Waals surface area contributed by atoms with Crippen LogP contribution >= 0.6 is 0 Å². The van der Waals surface area contributed by atoms with Crippen LogP contribution in [0.4, 0.5) is 13.2 Å². The molecule has 2 atom stereocenters. The van der Waals surface area contributed by atoms with Crippen LogP contribution in [0.1, 0.15) is 31.4 Å². The first-order valence-electron chi connectivity index (χ1n) is 6.67. The zero-order valence-corrected chi connectivity index (χ0v) is 11.0. The number of halogens is 3. The molecule has 106 valence electrons. The molecule has 1 aliphatic heterocycles. The molecule has 1 fully saturated rings. The summed E-state index contributed by atoms with van der Waals surface area (Å²) in [4.78, 5) is 2.17. The van der Waals surface area contributed by atoms with Crippen molar-refractivity contribution in [1.82, 2.24) is 4.90 Å². The van der Waals surface area contributed by atoms with Gasteiger partial charge in [-0.1, -0.05) is 6.92 Å². The monoisotopic (exact) mass is 272 g/mol. The minimum atomic E-state index is -1.41. The van der Waals surface area contributed by atoms with Crippen LogP contribution in [0.3, 0.4) is 0 Å². The lowest BCUT2D eigenvalue weighted by molar-refractivity contribution is 0.229. The summed E-state index contributed by atoms with van der Waals surface area (Å²) >= 11 is 0. The van der Waals surface area contributed by atoms with E-state index in [0.29, 0.717) is 12.1 Å². The van der Waals surface area contributed by atoms with Gasteiger partial charge in [-0.25, -0.2) is 13.2 Å². The van der Waals surface area contributed by atoms with E-state index in [1.54, 1.807) is 0 Å². The van der Waals surface area contributed by atoms with Crippen LogP contribution in [0.2, 0.25) is 0 Å². The maximum absolute atomic E-state index is 13.4. The predicted molar refractivity (Wildman–Crippen MR) is 68.1 cm³/mol. The van der Waals surface area contributed by atoms with Crippen LogP contribution in [0.15, 0.2) is 12.1 Å². The van der Waals surface area contributed by atoms with Crippen molar-refractivity contribution in [3.05, 3.63) is 35.1 Å². The topological polar surface area (TPSA) is 29.3 Å². The average molecular weight is 272 g/mol. The highest BCUT2D eigenvalue weighted by Gasteiger charge is 2.34. The van der Waals surface area contributed by atoms with Crippen LogP contribution in [0, 0.1) is 23.4 Å². The van der Waals surface area contributed by atoms with Crippen molar-refractivity contribution in [3.63, 3.8) is 0 Å². The molecule has 2 unspecified atom stereocenters. The quantitative estimate of drug-likeness (QED) is 0.854. The van der Waals surface area contributed by atoms with E-state index in [1.807, 2.05) is 0 Å². The molecule has 0 aromatic heterocycles. The smallest absolute Gasteiger partial charge is 0.194 e. The molecule has 1 aromatic rings. The zero-order valence-electron chi connectivity index (χ0n) is 11.0. The van der Waals surface area contributed by atoms with Crippen LogP contribution < -0.4 is 5.73 Å². The molecule has 0 spiro atoms. The molecule has 1 heterocycles. The summed E-state index contributed by atoms with van der Waals surface area (Å²) in [6, 6.07) is 2.08. The van der Waals surface area contributed by atoms with Gasteiger partial charge in [0.2, 0.25) is 0 Å². The molecule has 0 saturated carbocycles. The highest BCUT2D eigenvalue weighted by atomic mass is 19.2. The Hall–Kier alpha value is -1.07. The van der Waals surface area contributed by atoms with E-state index in [2.05, 4.69) is 11.8 Å². The first-order chi connectivity index (χ1) is 9.08. The second-order valence-electron chi connectivity index (χ2n) is 5.06. The molecule has 0 aliphatic carbocycles. The minimum absolute atomic E-state index is 0.116. The lowest BCUT2D eigenvalue weighted by Crippen LogP contribution is -2.29. The van der Waals surface area contributed by atoms with Crippen molar-refractivity contribution >= 4 is 0 Å². The molecule has 0 bridgehead atoms. The normalized spacial score (nSPS) is 24.1. The Morgan fingerprint density at radius 3 is 2.42 bits per heavy atom. The Bertz CT molecular complexity index is 427. The molecular weight excluding hydrogens is 253 g/mol. The van der Waals surface area contributed by atoms with Crippen molar-refractivity contribution in [3.8, 4) is 0 Å². The second-order valence-corrected chi connectivity index (χ2v) is 5.06. The van der Waals surface area contributed by atoms with Gasteiger partial charge in [0.1, 0.15) is 0 Å². The van der Waals surface area contributed by atoms with Crippen molar-refractivity contribution in [2.24, 2.45) is 11.7 Å². The molecule has 2 rings (SSSR count). The van der Waals surface area contributed by atoms with Crippen LogP contribution in [0.5, 0.6) is 0 Å². The molecule has 19 heavy (non-hydrogen) atoms. The van der Waals surface area contributed by atoms with E-state index < -0.39 is 17.5 Å². The number of likely N-dealkylation sites (tertiary alicyclic amines) is 1. The third-order valence-electron chi connectivity index (χ3n) is 3.79. The Morgan fingerprint density at radius 1 is 1.26 bits per heavy atom. The second kappa shape index (κ2) is 5.92. The van der Waals surface area contributed by atoms with Crippen LogP contribution in [0.25, 0.3) is 0 Å². The van der Waals surface area contributed by atoms with Gasteiger partial charge in [-0.2, -0.15) is 0 Å². The van der Waals surface area contributed by atoms with Crippen molar-refractivity contribution in [2.45, 2.75) is 25.8 Å². The Kier molecular flexibility index (Phi) is 4.47. The molecule has 1 saturated heterocycles. The Labute approximate surface area is 111 Å². The molecule has 2 nitrogen and oxygen atoms in total. The molecule has 2 N–H and O–H groups in total. The number of hydrogen-bond donors (Lipinski definition) is 1. The number of nitrogens with two attached hydrogens (primary N) is 1. The maximum Gasteiger partial charge on any atom is 0.194 e. The molecule has 5 heteroatoms. The number of hydrogen-bond acceptors (Lipinski definition) is 2. The van der Waals surface area contributed by atoms with E-state index in [-0.39, 0.29) is 12.0 Å². The van der Waals surface area contributed by atoms with Gasteiger partial charge in [0.25, 0.3) is 0 Å². The summed E-state index contributed by atoms with van der Waals surface area (Å²) in [6.07, 6.45) is 1.86. The first-order valence-corrected chi connectivity index (χ1v) is 6.67. The van der Waals surface area contributed by atoms with E-state index >= 15 is 0 Å². The van der Waals surface area contributed by atoms with Crippen molar-refractivity contribution in [2.75, 3.05) is 19.6 Å². The van der Waals surface area contributed by atoms with E-state index in [0.717, 1.165) is 38.1 Å². The number of benzene rings is 1. The third kappa shape index (κ3) is 2.77. The summed E-state index contributed by atoms with van der Waals surface area (Å²) in [5.74, 6) is -3.51. The first kappa shape index (κ1) is 14.3. The minimum Gasteiger partial charge on any atom is -0.330 e. The fourth-order valence-corrected chi connectivity index (χ4v) is 2.94. The molecule has 1 aliphatic rings. The fourth-order valence-electron chi connectivity index (χ4n) is 2.94. The summed E-state index contributed by atoms with van der Waals surface area (Å²) < 4.78 is 39.8. The van der Waals surface area contributed by atoms with Gasteiger partial charge >= 0.3 is 0 Å². The zero-order chi connectivity index (χ0) is 14.0. The van der Waals surface area contributed by atoms with Crippen LogP contribution in [-0.2, 0) is 0 Å². The number of nitrogens with zero attached hydrogens (tertiary/aromatic N) is 1. The lowest BCUT2D eigenvalue weighted by Gasteiger charge is -2.28. The highest BCUT2D eigenvalue weighted by molar-refractivity contribution is 5.24. The van der Waals surface area contributed by atoms with E-state index in [4.69, 9.17) is 5.73 Å². The molecule has 0 radical (unpaired) electrons. The molecule has 0 amide bonds. The standard InChI is InChI=1S/C14H19F3N2/c1-2-4-19-5-3-9(8-18)14(19)10-6-11(15)13(17)12(16)7-10/h6-7,9,14H,2-5,8,18H2,1H3. The average Bonchev–Trinajstić information content (AvgIpc) is 2.78. The van der Waals surface area contributed by atoms with Gasteiger partial charge < -0.3 is 5.73 Å². The van der Waals surface area contributed by atoms with Gasteiger partial charge in [0, 0.05) is 6.04 Å². The fraction of sp³-hybridized carbons (Fsp3) is 0.571. The lowest BCUT2D eigenvalue weighted by atomic mass is 9.93. The largest absolute Gasteiger partial charge is 0.330 e. The summed E-state index contributed by atoms with van der Waals surface area (Å²) in [6.45, 7) is 4.23. The molecular formula is C14H19F3N2. The van der Waals surface area contributed by atoms with Gasteiger partial charge in [-0.15, -0.1) is 0 Å². The van der Waals surface area contributed by atoms with Crippen molar-refractivity contribution in [1.29, 1.82) is 0 Å². The Balaban J connectivity index is 2.35. The molecule has 1 aromatic carbocycles. The SMILES string of the molecule is CCCN1CCC(CN)C1c1cc(F)c(F)c(F)c1. The Morgan fingerprint density at radius 2 is 1.89 bits per heavy atom. The van der Waals surface area contributed by atoms with Gasteiger partial charge in [-0.3, -0.25) is 4.90 Å². The van der Waals surface area contributed by atoms with Gasteiger partial charge in [0.15, 0.2) is 17.5 Å². The third-order valence-corrected chi connectivity index (χ3v) is 3.79. The number of rotatable bonds is 4. The summed E-state index contributed by atoms with van der Waals surface area (Å²) in [7, 11) is 0. The van der Waals surface area contributed by atoms with E-state index in [1.165, 1.54) is 0 Å².